The van der Waals surface area contributed by atoms with Crippen LogP contribution < -0.4 is 0 Å². The molecule has 1 heterocycles. The monoisotopic (exact) mass is 397 g/mol. The summed E-state index contributed by atoms with van der Waals surface area (Å²) in [6.45, 7) is 2.65. The van der Waals surface area contributed by atoms with E-state index in [1.165, 1.54) is 29.8 Å². The van der Waals surface area contributed by atoms with Crippen LogP contribution in [0, 0.1) is 5.82 Å². The number of carbonyl (C=O) groups excluding carboxylic acids is 1. The molecular weight excluding hydrogens is 369 g/mol. The lowest BCUT2D eigenvalue weighted by atomic mass is 9.70. The summed E-state index contributed by atoms with van der Waals surface area (Å²) in [4.78, 5) is 25.8. The number of halogens is 1. The molecule has 0 aliphatic carbocycles. The molecule has 1 saturated heterocycles. The van der Waals surface area contributed by atoms with E-state index in [0.29, 0.717) is 18.4 Å². The molecule has 2 aromatic rings. The third kappa shape index (κ3) is 5.73. The van der Waals surface area contributed by atoms with E-state index in [9.17, 15) is 19.1 Å². The van der Waals surface area contributed by atoms with Gasteiger partial charge in [0.1, 0.15) is 5.82 Å². The minimum Gasteiger partial charge on any atom is -0.481 e. The number of rotatable bonds is 9. The van der Waals surface area contributed by atoms with Crippen LogP contribution in [0.4, 0.5) is 4.39 Å². The molecule has 4 nitrogen and oxygen atoms in total. The van der Waals surface area contributed by atoms with Crippen molar-refractivity contribution in [1.29, 1.82) is 0 Å². The minimum atomic E-state index is -0.748. The van der Waals surface area contributed by atoms with Gasteiger partial charge in [0.15, 0.2) is 5.78 Å². The van der Waals surface area contributed by atoms with Gasteiger partial charge in [-0.25, -0.2) is 4.39 Å². The lowest BCUT2D eigenvalue weighted by Gasteiger charge is -2.42. The van der Waals surface area contributed by atoms with E-state index in [1.807, 2.05) is 18.2 Å². The van der Waals surface area contributed by atoms with Crippen molar-refractivity contribution < 1.29 is 19.1 Å². The molecule has 0 bridgehead atoms. The van der Waals surface area contributed by atoms with Gasteiger partial charge in [-0.1, -0.05) is 30.3 Å². The van der Waals surface area contributed by atoms with Crippen molar-refractivity contribution in [3.05, 3.63) is 71.5 Å². The van der Waals surface area contributed by atoms with Crippen LogP contribution in [0.25, 0.3) is 0 Å². The summed E-state index contributed by atoms with van der Waals surface area (Å²) in [5, 5.41) is 9.17. The third-order valence-electron chi connectivity index (χ3n) is 6.06. The van der Waals surface area contributed by atoms with E-state index in [0.717, 1.165) is 38.9 Å². The molecule has 1 fully saturated rings. The number of nitrogens with zero attached hydrogens (tertiary/aromatic N) is 1. The molecule has 154 valence electrons. The maximum Gasteiger partial charge on any atom is 0.303 e. The van der Waals surface area contributed by atoms with Gasteiger partial charge in [-0.15, -0.1) is 0 Å². The van der Waals surface area contributed by atoms with Crippen molar-refractivity contribution in [3.63, 3.8) is 0 Å². The van der Waals surface area contributed by atoms with E-state index in [2.05, 4.69) is 17.0 Å². The number of carboxylic acids is 1. The van der Waals surface area contributed by atoms with Crippen LogP contribution in [0.15, 0.2) is 54.6 Å². The normalized spacial score (nSPS) is 16.4. The van der Waals surface area contributed by atoms with Crippen molar-refractivity contribution in [1.82, 2.24) is 4.90 Å². The highest BCUT2D eigenvalue weighted by molar-refractivity contribution is 5.95. The van der Waals surface area contributed by atoms with E-state index in [1.54, 1.807) is 0 Å². The molecule has 0 unspecified atom stereocenters. The number of carbonyl (C=O) groups is 2. The van der Waals surface area contributed by atoms with Gasteiger partial charge in [-0.3, -0.25) is 9.59 Å². The summed E-state index contributed by atoms with van der Waals surface area (Å²) < 4.78 is 13.0. The fourth-order valence-corrected chi connectivity index (χ4v) is 4.27. The maximum absolute atomic E-state index is 13.0. The summed E-state index contributed by atoms with van der Waals surface area (Å²) in [5.74, 6) is -1.04. The number of ketones is 1. The molecule has 0 atom stereocenters. The molecule has 5 heteroatoms. The maximum atomic E-state index is 13.0. The van der Waals surface area contributed by atoms with Crippen molar-refractivity contribution in [2.45, 2.75) is 43.9 Å². The van der Waals surface area contributed by atoms with Gasteiger partial charge >= 0.3 is 5.97 Å². The zero-order valence-corrected chi connectivity index (χ0v) is 16.6. The number of benzene rings is 2. The summed E-state index contributed by atoms with van der Waals surface area (Å²) >= 11 is 0. The smallest absolute Gasteiger partial charge is 0.303 e. The summed E-state index contributed by atoms with van der Waals surface area (Å²) in [6.07, 6.45) is 3.91. The van der Waals surface area contributed by atoms with Gasteiger partial charge < -0.3 is 10.0 Å². The number of Topliss-reactive ketones (excluding diaryl/α,β-unsaturated/α-hetero) is 1. The van der Waals surface area contributed by atoms with E-state index in [-0.39, 0.29) is 23.4 Å². The number of likely N-dealkylation sites (tertiary alicyclic amines) is 1. The van der Waals surface area contributed by atoms with E-state index < -0.39 is 5.97 Å². The van der Waals surface area contributed by atoms with Crippen LogP contribution in [0.1, 0.15) is 54.4 Å². The van der Waals surface area contributed by atoms with Gasteiger partial charge in [0.25, 0.3) is 0 Å². The van der Waals surface area contributed by atoms with Gasteiger partial charge in [-0.2, -0.15) is 0 Å². The molecular formula is C24H28FNO3. The summed E-state index contributed by atoms with van der Waals surface area (Å²) in [6, 6.07) is 16.0. The molecule has 29 heavy (non-hydrogen) atoms. The predicted octanol–water partition coefficient (Wildman–Crippen LogP) is 4.69. The van der Waals surface area contributed by atoms with E-state index >= 15 is 0 Å². The van der Waals surface area contributed by atoms with Crippen LogP contribution in [-0.2, 0) is 10.2 Å². The van der Waals surface area contributed by atoms with Crippen molar-refractivity contribution >= 4 is 11.8 Å². The third-order valence-corrected chi connectivity index (χ3v) is 6.06. The number of aliphatic carboxylic acids is 1. The first kappa shape index (κ1) is 21.2. The molecule has 2 aromatic carbocycles. The number of hydrogen-bond acceptors (Lipinski definition) is 3. The molecule has 1 N–H and O–H groups in total. The highest BCUT2D eigenvalue weighted by Gasteiger charge is 2.36. The number of carboxylic acid groups (broad SMARTS) is 1. The van der Waals surface area contributed by atoms with Crippen LogP contribution in [0.5, 0.6) is 0 Å². The van der Waals surface area contributed by atoms with Crippen molar-refractivity contribution in [2.24, 2.45) is 0 Å². The Kier molecular flexibility index (Phi) is 7.15. The fraction of sp³-hybridized carbons (Fsp3) is 0.417. The molecule has 0 amide bonds. The predicted molar refractivity (Wildman–Crippen MR) is 111 cm³/mol. The van der Waals surface area contributed by atoms with Gasteiger partial charge in [0.2, 0.25) is 0 Å². The van der Waals surface area contributed by atoms with E-state index in [4.69, 9.17) is 0 Å². The minimum absolute atomic E-state index is 0.0436. The molecule has 0 radical (unpaired) electrons. The highest BCUT2D eigenvalue weighted by atomic mass is 19.1. The molecule has 0 aromatic heterocycles. The summed E-state index contributed by atoms with van der Waals surface area (Å²) in [5.41, 5.74) is 1.70. The Labute approximate surface area is 171 Å². The van der Waals surface area contributed by atoms with Gasteiger partial charge in [0, 0.05) is 18.4 Å². The van der Waals surface area contributed by atoms with Crippen LogP contribution in [0.2, 0.25) is 0 Å². The Bertz CT molecular complexity index is 812. The average Bonchev–Trinajstić information content (AvgIpc) is 2.74. The fourth-order valence-electron chi connectivity index (χ4n) is 4.27. The zero-order chi connectivity index (χ0) is 20.7. The Morgan fingerprint density at radius 2 is 1.62 bits per heavy atom. The highest BCUT2D eigenvalue weighted by Crippen LogP contribution is 2.39. The average molecular weight is 397 g/mol. The number of piperidine rings is 1. The summed E-state index contributed by atoms with van der Waals surface area (Å²) in [7, 11) is 0. The zero-order valence-electron chi connectivity index (χ0n) is 16.6. The Hall–Kier alpha value is -2.53. The number of hydrogen-bond donors (Lipinski definition) is 1. The lowest BCUT2D eigenvalue weighted by Crippen LogP contribution is -2.43. The topological polar surface area (TPSA) is 57.6 Å². The Morgan fingerprint density at radius 1 is 0.966 bits per heavy atom. The molecule has 3 rings (SSSR count). The van der Waals surface area contributed by atoms with Crippen molar-refractivity contribution in [2.75, 3.05) is 19.6 Å². The largest absolute Gasteiger partial charge is 0.481 e. The second kappa shape index (κ2) is 9.79. The molecule has 0 spiro atoms. The van der Waals surface area contributed by atoms with Crippen LogP contribution in [0.3, 0.4) is 0 Å². The molecule has 1 aliphatic rings. The standard InChI is InChI=1S/C24H28FNO3/c25-21-10-8-19(9-11-21)22(27)7-4-16-26-17-14-24(15-18-26,13-12-23(28)29)20-5-2-1-3-6-20/h1-3,5-6,8-11H,4,7,12-18H2,(H,28,29). The lowest BCUT2D eigenvalue weighted by molar-refractivity contribution is -0.137. The first-order valence-corrected chi connectivity index (χ1v) is 10.3. The first-order chi connectivity index (χ1) is 14.0. The molecule has 1 aliphatic heterocycles. The Morgan fingerprint density at radius 3 is 2.24 bits per heavy atom. The van der Waals surface area contributed by atoms with Crippen LogP contribution >= 0.6 is 0 Å². The molecule has 0 saturated carbocycles. The quantitative estimate of drug-likeness (QED) is 0.624. The second-order valence-electron chi connectivity index (χ2n) is 7.92. The van der Waals surface area contributed by atoms with Gasteiger partial charge in [0.05, 0.1) is 0 Å². The van der Waals surface area contributed by atoms with Gasteiger partial charge in [-0.05, 0) is 80.6 Å². The second-order valence-corrected chi connectivity index (χ2v) is 7.92. The van der Waals surface area contributed by atoms with Crippen LogP contribution in [-0.4, -0.2) is 41.4 Å². The Balaban J connectivity index is 1.51. The SMILES string of the molecule is O=C(O)CCC1(c2ccccc2)CCN(CCCC(=O)c2ccc(F)cc2)CC1. The first-order valence-electron chi connectivity index (χ1n) is 10.3. The van der Waals surface area contributed by atoms with Crippen molar-refractivity contribution in [3.8, 4) is 0 Å².